The fraction of sp³-hybridized carbons (Fsp3) is 0.0556. The third-order valence-corrected chi connectivity index (χ3v) is 3.45. The highest BCUT2D eigenvalue weighted by Crippen LogP contribution is 2.19. The van der Waals surface area contributed by atoms with Crippen LogP contribution in [0.1, 0.15) is 26.3 Å². The van der Waals surface area contributed by atoms with Crippen molar-refractivity contribution in [3.05, 3.63) is 77.6 Å². The molecule has 128 valence electrons. The maximum Gasteiger partial charge on any atom is 0.336 e. The average molecular weight is 339 g/mol. The van der Waals surface area contributed by atoms with Gasteiger partial charge in [0.1, 0.15) is 0 Å². The quantitative estimate of drug-likeness (QED) is 0.631. The molecule has 0 atom stereocenters. The standard InChI is InChI=1S/C9H8N2.C9H9NO4/c1-2-5-9(6-3-1)11-8-4-7-10-11;1-4-6(9(13)14)2-5(8(11)12)3-7(4)10/h1-8H;2-3H,10H2,1H3,(H,11,12)(H,13,14). The number of carboxylic acid groups (broad SMARTS) is 2. The molecule has 0 radical (unpaired) electrons. The Labute approximate surface area is 144 Å². The van der Waals surface area contributed by atoms with Crippen LogP contribution in [0, 0.1) is 6.92 Å². The van der Waals surface area contributed by atoms with Crippen molar-refractivity contribution in [3.63, 3.8) is 0 Å². The molecule has 0 saturated heterocycles. The molecule has 0 spiro atoms. The molecule has 25 heavy (non-hydrogen) atoms. The predicted octanol–water partition coefficient (Wildman–Crippen LogP) is 2.85. The number of rotatable bonds is 3. The van der Waals surface area contributed by atoms with Crippen molar-refractivity contribution in [1.29, 1.82) is 0 Å². The highest BCUT2D eigenvalue weighted by molar-refractivity contribution is 5.96. The van der Waals surface area contributed by atoms with Crippen molar-refractivity contribution < 1.29 is 19.8 Å². The third-order valence-electron chi connectivity index (χ3n) is 3.45. The Morgan fingerprint density at radius 2 is 1.72 bits per heavy atom. The van der Waals surface area contributed by atoms with E-state index in [0.29, 0.717) is 5.56 Å². The summed E-state index contributed by atoms with van der Waals surface area (Å²) in [6, 6.07) is 14.3. The van der Waals surface area contributed by atoms with Crippen molar-refractivity contribution in [2.45, 2.75) is 6.92 Å². The molecular formula is C18H17N3O4. The fourth-order valence-electron chi connectivity index (χ4n) is 2.08. The molecule has 0 saturated carbocycles. The molecule has 0 aliphatic heterocycles. The van der Waals surface area contributed by atoms with Gasteiger partial charge in [-0.05, 0) is 42.8 Å². The van der Waals surface area contributed by atoms with Gasteiger partial charge in [-0.3, -0.25) is 0 Å². The number of aromatic nitrogens is 2. The topological polar surface area (TPSA) is 118 Å². The van der Waals surface area contributed by atoms with Crippen LogP contribution in [0.15, 0.2) is 60.9 Å². The monoisotopic (exact) mass is 339 g/mol. The van der Waals surface area contributed by atoms with E-state index < -0.39 is 11.9 Å². The largest absolute Gasteiger partial charge is 0.478 e. The van der Waals surface area contributed by atoms with Crippen molar-refractivity contribution in [1.82, 2.24) is 9.78 Å². The van der Waals surface area contributed by atoms with E-state index in [-0.39, 0.29) is 16.8 Å². The number of carboxylic acids is 2. The number of carbonyl (C=O) groups is 2. The summed E-state index contributed by atoms with van der Waals surface area (Å²) in [5, 5.41) is 21.5. The van der Waals surface area contributed by atoms with Crippen LogP contribution in [-0.4, -0.2) is 31.9 Å². The van der Waals surface area contributed by atoms with Gasteiger partial charge < -0.3 is 15.9 Å². The first-order chi connectivity index (χ1) is 11.9. The zero-order valence-electron chi connectivity index (χ0n) is 13.5. The number of nitrogens with two attached hydrogens (primary N) is 1. The van der Waals surface area contributed by atoms with Gasteiger partial charge >= 0.3 is 11.9 Å². The van der Waals surface area contributed by atoms with Gasteiger partial charge in [-0.1, -0.05) is 18.2 Å². The Kier molecular flexibility index (Phi) is 5.52. The van der Waals surface area contributed by atoms with E-state index in [1.165, 1.54) is 13.0 Å². The molecule has 2 aromatic carbocycles. The Morgan fingerprint density at radius 1 is 1.04 bits per heavy atom. The lowest BCUT2D eigenvalue weighted by molar-refractivity contribution is 0.0695. The SMILES string of the molecule is Cc1c(N)cc(C(=O)O)cc1C(=O)O.c1ccc(-n2cccn2)cc1. The molecule has 7 nitrogen and oxygen atoms in total. The van der Waals surface area contributed by atoms with Gasteiger partial charge in [0.2, 0.25) is 0 Å². The second-order valence-corrected chi connectivity index (χ2v) is 5.13. The van der Waals surface area contributed by atoms with Gasteiger partial charge in [-0.15, -0.1) is 0 Å². The number of hydrogen-bond acceptors (Lipinski definition) is 4. The molecule has 0 amide bonds. The summed E-state index contributed by atoms with van der Waals surface area (Å²) in [5.74, 6) is -2.38. The lowest BCUT2D eigenvalue weighted by atomic mass is 10.0. The normalized spacial score (nSPS) is 9.80. The second kappa shape index (κ2) is 7.78. The number of nitrogens with zero attached hydrogens (tertiary/aromatic N) is 2. The van der Waals surface area contributed by atoms with E-state index in [1.54, 1.807) is 6.20 Å². The molecule has 3 aromatic rings. The molecule has 4 N–H and O–H groups in total. The first kappa shape index (κ1) is 17.7. The summed E-state index contributed by atoms with van der Waals surface area (Å²) in [7, 11) is 0. The summed E-state index contributed by atoms with van der Waals surface area (Å²) in [4.78, 5) is 21.3. The summed E-state index contributed by atoms with van der Waals surface area (Å²) >= 11 is 0. The fourth-order valence-corrected chi connectivity index (χ4v) is 2.08. The summed E-state index contributed by atoms with van der Waals surface area (Å²) in [6.45, 7) is 1.53. The minimum atomic E-state index is -1.20. The highest BCUT2D eigenvalue weighted by atomic mass is 16.4. The van der Waals surface area contributed by atoms with Crippen LogP contribution in [0.25, 0.3) is 5.69 Å². The van der Waals surface area contributed by atoms with Crippen LogP contribution in [0.5, 0.6) is 0 Å². The zero-order chi connectivity index (χ0) is 18.4. The molecule has 0 aliphatic rings. The lowest BCUT2D eigenvalue weighted by Gasteiger charge is -2.05. The first-order valence-corrected chi connectivity index (χ1v) is 7.32. The van der Waals surface area contributed by atoms with Crippen molar-refractivity contribution in [3.8, 4) is 5.69 Å². The summed E-state index contributed by atoms with van der Waals surface area (Å²) in [6.07, 6.45) is 3.70. The van der Waals surface area contributed by atoms with Crippen molar-refractivity contribution >= 4 is 17.6 Å². The van der Waals surface area contributed by atoms with E-state index in [0.717, 1.165) is 11.8 Å². The van der Waals surface area contributed by atoms with Crippen LogP contribution >= 0.6 is 0 Å². The molecular weight excluding hydrogens is 322 g/mol. The lowest BCUT2D eigenvalue weighted by Crippen LogP contribution is -2.07. The number of para-hydroxylation sites is 1. The van der Waals surface area contributed by atoms with Crippen LogP contribution < -0.4 is 5.73 Å². The van der Waals surface area contributed by atoms with E-state index in [2.05, 4.69) is 5.10 Å². The van der Waals surface area contributed by atoms with E-state index in [9.17, 15) is 9.59 Å². The van der Waals surface area contributed by atoms with Crippen LogP contribution in [0.3, 0.4) is 0 Å². The van der Waals surface area contributed by atoms with Gasteiger partial charge in [0.25, 0.3) is 0 Å². The van der Waals surface area contributed by atoms with Gasteiger partial charge in [0, 0.05) is 18.1 Å². The molecule has 0 bridgehead atoms. The number of hydrogen-bond donors (Lipinski definition) is 3. The Balaban J connectivity index is 0.000000185. The van der Waals surface area contributed by atoms with Crippen LogP contribution in [-0.2, 0) is 0 Å². The van der Waals surface area contributed by atoms with E-state index >= 15 is 0 Å². The molecule has 1 aromatic heterocycles. The molecule has 0 unspecified atom stereocenters. The van der Waals surface area contributed by atoms with E-state index in [1.807, 2.05) is 47.3 Å². The summed E-state index contributed by atoms with van der Waals surface area (Å²) in [5.41, 5.74) is 6.91. The number of benzene rings is 2. The van der Waals surface area contributed by atoms with Crippen LogP contribution in [0.4, 0.5) is 5.69 Å². The van der Waals surface area contributed by atoms with Gasteiger partial charge in [-0.25, -0.2) is 14.3 Å². The second-order valence-electron chi connectivity index (χ2n) is 5.13. The van der Waals surface area contributed by atoms with Gasteiger partial charge in [0.15, 0.2) is 0 Å². The molecule has 0 aliphatic carbocycles. The highest BCUT2D eigenvalue weighted by Gasteiger charge is 2.14. The Bertz CT molecular complexity index is 875. The zero-order valence-corrected chi connectivity index (χ0v) is 13.5. The Morgan fingerprint density at radius 3 is 2.24 bits per heavy atom. The van der Waals surface area contributed by atoms with Crippen molar-refractivity contribution in [2.75, 3.05) is 5.73 Å². The Hall–Kier alpha value is -3.61. The minimum absolute atomic E-state index is 0.0811. The minimum Gasteiger partial charge on any atom is -0.478 e. The number of aromatic carboxylic acids is 2. The van der Waals surface area contributed by atoms with Crippen LogP contribution in [0.2, 0.25) is 0 Å². The third kappa shape index (κ3) is 4.44. The smallest absolute Gasteiger partial charge is 0.336 e. The van der Waals surface area contributed by atoms with E-state index in [4.69, 9.17) is 15.9 Å². The maximum absolute atomic E-state index is 10.7. The van der Waals surface area contributed by atoms with Gasteiger partial charge in [-0.2, -0.15) is 5.10 Å². The molecule has 3 rings (SSSR count). The number of anilines is 1. The van der Waals surface area contributed by atoms with Gasteiger partial charge in [0.05, 0.1) is 16.8 Å². The van der Waals surface area contributed by atoms with Crippen molar-refractivity contribution in [2.24, 2.45) is 0 Å². The first-order valence-electron chi connectivity index (χ1n) is 7.32. The molecule has 1 heterocycles. The molecule has 7 heteroatoms. The summed E-state index contributed by atoms with van der Waals surface area (Å²) < 4.78 is 1.83. The average Bonchev–Trinajstić information content (AvgIpc) is 3.12. The predicted molar refractivity (Wildman–Crippen MR) is 93.1 cm³/mol. The number of nitrogen functional groups attached to an aromatic ring is 1. The molecule has 0 fully saturated rings. The maximum atomic E-state index is 10.7.